The second kappa shape index (κ2) is 18.1. The molecule has 0 spiro atoms. The summed E-state index contributed by atoms with van der Waals surface area (Å²) in [5.41, 5.74) is 2.28. The number of fused-ring (bicyclic) bond motifs is 2. The SMILES string of the molecule is CCC(CC)C(=O)/C=C(\O)C(CC)CC.[2H]c1c(-c2ccc(CC(C)(C)C(F)(F)F)cc2)oc2c(-c3[c-]c4ccccc4c(C(C)(C)C)c3)nccc12.[Ir]. The second-order valence-corrected chi connectivity index (χ2v) is 15.2. The van der Waals surface area contributed by atoms with Crippen molar-refractivity contribution in [2.75, 3.05) is 0 Å². The Morgan fingerprint density at radius 1 is 0.925 bits per heavy atom. The normalized spacial score (nSPS) is 12.9. The third kappa shape index (κ3) is 10.5. The number of halogens is 3. The molecule has 0 amide bonds. The minimum atomic E-state index is -4.30. The second-order valence-electron chi connectivity index (χ2n) is 15.2. The van der Waals surface area contributed by atoms with Crippen LogP contribution in [-0.4, -0.2) is 22.1 Å². The maximum atomic E-state index is 13.3. The molecule has 4 nitrogen and oxygen atoms in total. The van der Waals surface area contributed by atoms with E-state index >= 15 is 0 Å². The van der Waals surface area contributed by atoms with E-state index in [1.54, 1.807) is 36.5 Å². The molecule has 53 heavy (non-hydrogen) atoms. The van der Waals surface area contributed by atoms with E-state index in [9.17, 15) is 23.1 Å². The van der Waals surface area contributed by atoms with Gasteiger partial charge in [-0.05, 0) is 55.2 Å². The predicted octanol–water partition coefficient (Wildman–Crippen LogP) is 13.4. The number of benzene rings is 3. The molecule has 0 aliphatic heterocycles. The fourth-order valence-corrected chi connectivity index (χ4v) is 6.37. The summed E-state index contributed by atoms with van der Waals surface area (Å²) in [6, 6.07) is 22.4. The van der Waals surface area contributed by atoms with E-state index in [2.05, 4.69) is 44.0 Å². The van der Waals surface area contributed by atoms with Gasteiger partial charge in [-0.3, -0.25) is 9.78 Å². The van der Waals surface area contributed by atoms with E-state index in [1.165, 1.54) is 19.9 Å². The first-order valence-electron chi connectivity index (χ1n) is 18.8. The Morgan fingerprint density at radius 3 is 2.09 bits per heavy atom. The topological polar surface area (TPSA) is 63.3 Å². The van der Waals surface area contributed by atoms with E-state index in [0.717, 1.165) is 47.6 Å². The molecule has 2 aromatic heterocycles. The molecule has 287 valence electrons. The summed E-state index contributed by atoms with van der Waals surface area (Å²) in [6.07, 6.45) is 2.14. The molecule has 0 saturated heterocycles. The van der Waals surface area contributed by atoms with E-state index in [0.29, 0.717) is 33.6 Å². The van der Waals surface area contributed by atoms with E-state index in [1.807, 2.05) is 45.9 Å². The summed E-state index contributed by atoms with van der Waals surface area (Å²) in [7, 11) is 0. The van der Waals surface area contributed by atoms with Gasteiger partial charge in [-0.25, -0.2) is 0 Å². The monoisotopic (exact) mass is 906 g/mol. The predicted molar refractivity (Wildman–Crippen MR) is 207 cm³/mol. The van der Waals surface area contributed by atoms with Crippen LogP contribution in [0.1, 0.15) is 100 Å². The fraction of sp³-hybridized carbons (Fsp3) is 0.422. The van der Waals surface area contributed by atoms with Crippen LogP contribution in [0.15, 0.2) is 89.2 Å². The molecule has 5 rings (SSSR count). The Hall–Kier alpha value is -3.74. The molecule has 8 heteroatoms. The summed E-state index contributed by atoms with van der Waals surface area (Å²) in [5, 5.41) is 12.5. The van der Waals surface area contributed by atoms with Crippen molar-refractivity contribution in [3.05, 3.63) is 102 Å². The third-order valence-corrected chi connectivity index (χ3v) is 9.91. The molecule has 0 atom stereocenters. The molecule has 0 saturated carbocycles. The third-order valence-electron chi connectivity index (χ3n) is 9.91. The summed E-state index contributed by atoms with van der Waals surface area (Å²) < 4.78 is 55.1. The summed E-state index contributed by atoms with van der Waals surface area (Å²) in [4.78, 5) is 16.3. The first-order valence-corrected chi connectivity index (χ1v) is 18.3. The number of aromatic nitrogens is 1. The van der Waals surface area contributed by atoms with Crippen LogP contribution in [-0.2, 0) is 36.7 Å². The average molecular weight is 906 g/mol. The Labute approximate surface area is 328 Å². The molecule has 0 aliphatic carbocycles. The van der Waals surface area contributed by atoms with Gasteiger partial charge in [0.15, 0.2) is 5.78 Å². The van der Waals surface area contributed by atoms with E-state index < -0.39 is 11.6 Å². The molecule has 0 unspecified atom stereocenters. The van der Waals surface area contributed by atoms with Crippen molar-refractivity contribution in [1.29, 1.82) is 0 Å². The van der Waals surface area contributed by atoms with Crippen LogP contribution in [0.25, 0.3) is 44.3 Å². The Bertz CT molecular complexity index is 2050. The standard InChI is InChI=1S/C32H29F3NO.C13H24O2.Ir/c1-30(2,3)26-17-24(16-22-8-6-7-9-25(22)26)28-29-23(14-15-36-28)18-27(37-29)21-12-10-20(11-13-21)19-31(4,5)32(33,34)35;1-5-10(6-2)12(14)9-13(15)11(7-3)8-4;/h6-15,17-18H,19H2,1-5H3;9-11,14H,5-8H2,1-4H3;/q-1;;/b;12-9-;/i18D;;. The van der Waals surface area contributed by atoms with E-state index in [-0.39, 0.29) is 61.4 Å². The molecule has 0 bridgehead atoms. The summed E-state index contributed by atoms with van der Waals surface area (Å²) in [5.74, 6) is 0.902. The van der Waals surface area contributed by atoms with Gasteiger partial charge in [0.05, 0.1) is 12.5 Å². The first kappa shape index (κ1) is 42.0. The van der Waals surface area contributed by atoms with Gasteiger partial charge in [0.1, 0.15) is 11.3 Å². The summed E-state index contributed by atoms with van der Waals surface area (Å²) in [6.45, 7) is 17.0. The smallest absolute Gasteiger partial charge is 0.394 e. The zero-order chi connectivity index (χ0) is 39.3. The first-order chi connectivity index (χ1) is 24.9. The molecule has 3 aromatic carbocycles. The van der Waals surface area contributed by atoms with Crippen LogP contribution in [0.5, 0.6) is 0 Å². The van der Waals surface area contributed by atoms with Crippen LogP contribution in [0.3, 0.4) is 0 Å². The average Bonchev–Trinajstić information content (AvgIpc) is 3.44. The summed E-state index contributed by atoms with van der Waals surface area (Å²) >= 11 is 0. The number of ketones is 1. The number of alkyl halides is 3. The quantitative estimate of drug-likeness (QED) is 0.0815. The zero-order valence-corrected chi connectivity index (χ0v) is 34.7. The van der Waals surface area contributed by atoms with E-state index in [4.69, 9.17) is 5.79 Å². The van der Waals surface area contributed by atoms with Crippen molar-refractivity contribution in [2.24, 2.45) is 17.3 Å². The number of hydrogen-bond donors (Lipinski definition) is 1. The zero-order valence-electron chi connectivity index (χ0n) is 33.3. The van der Waals surface area contributed by atoms with Crippen molar-refractivity contribution in [3.63, 3.8) is 0 Å². The van der Waals surface area contributed by atoms with Crippen molar-refractivity contribution in [3.8, 4) is 22.6 Å². The molecule has 2 heterocycles. The molecule has 0 aliphatic rings. The molecule has 1 radical (unpaired) electrons. The largest absolute Gasteiger partial charge is 0.512 e. The molecule has 1 N–H and O–H groups in total. The number of rotatable bonds is 11. The molecular formula is C45H53F3IrNO3-. The van der Waals surface area contributed by atoms with Crippen molar-refractivity contribution < 1.29 is 49.0 Å². The van der Waals surface area contributed by atoms with Crippen molar-refractivity contribution >= 4 is 27.5 Å². The number of furan rings is 1. The number of carbonyl (C=O) groups excluding carboxylic acids is 1. The molecular weight excluding hydrogens is 852 g/mol. The van der Waals surface area contributed by atoms with Gasteiger partial charge >= 0.3 is 6.18 Å². The Morgan fingerprint density at radius 2 is 1.53 bits per heavy atom. The number of pyridine rings is 1. The molecule has 0 fully saturated rings. The van der Waals surface area contributed by atoms with Gasteiger partial charge in [-0.2, -0.15) is 13.2 Å². The number of nitrogens with zero attached hydrogens (tertiary/aromatic N) is 1. The van der Waals surface area contributed by atoms with Crippen LogP contribution in [0.2, 0.25) is 0 Å². The van der Waals surface area contributed by atoms with Crippen LogP contribution in [0, 0.1) is 23.3 Å². The number of hydrogen-bond acceptors (Lipinski definition) is 4. The number of aliphatic hydroxyl groups excluding tert-OH is 1. The number of allylic oxidation sites excluding steroid dienone is 2. The Kier molecular flexibility index (Phi) is 14.3. The van der Waals surface area contributed by atoms with Gasteiger partial charge in [-0.1, -0.05) is 116 Å². The maximum Gasteiger partial charge on any atom is 0.394 e. The minimum Gasteiger partial charge on any atom is -0.512 e. The minimum absolute atomic E-state index is 0. The fourth-order valence-electron chi connectivity index (χ4n) is 6.37. The van der Waals surface area contributed by atoms with Crippen LogP contribution < -0.4 is 0 Å². The van der Waals surface area contributed by atoms with Crippen molar-refractivity contribution in [1.82, 2.24) is 4.98 Å². The Balaban J connectivity index is 0.000000418. The number of aliphatic hydroxyl groups is 1. The van der Waals surface area contributed by atoms with Gasteiger partial charge in [0.25, 0.3) is 0 Å². The van der Waals surface area contributed by atoms with Gasteiger partial charge in [0, 0.05) is 60.9 Å². The van der Waals surface area contributed by atoms with Crippen LogP contribution >= 0.6 is 0 Å². The molecule has 5 aromatic rings. The van der Waals surface area contributed by atoms with Crippen LogP contribution in [0.4, 0.5) is 13.2 Å². The number of carbonyl (C=O) groups is 1. The van der Waals surface area contributed by atoms with Gasteiger partial charge in [-0.15, -0.1) is 29.1 Å². The maximum absolute atomic E-state index is 13.3. The van der Waals surface area contributed by atoms with Crippen molar-refractivity contribution in [2.45, 2.75) is 106 Å². The van der Waals surface area contributed by atoms with Gasteiger partial charge < -0.3 is 9.52 Å². The van der Waals surface area contributed by atoms with Gasteiger partial charge in [0.2, 0.25) is 0 Å².